The van der Waals surface area contributed by atoms with Crippen molar-refractivity contribution in [2.45, 2.75) is 22.6 Å². The molecule has 0 aromatic heterocycles. The summed E-state index contributed by atoms with van der Waals surface area (Å²) in [6, 6.07) is 10.6. The van der Waals surface area contributed by atoms with Crippen molar-refractivity contribution in [1.82, 2.24) is 4.72 Å². The molecule has 2 amide bonds. The lowest BCUT2D eigenvalue weighted by molar-refractivity contribution is -0.121. The molecule has 2 aromatic carbocycles. The molecule has 2 N–H and O–H groups in total. The maximum Gasteiger partial charge on any atom is 0.261 e. The van der Waals surface area contributed by atoms with E-state index in [9.17, 15) is 26.4 Å². The third kappa shape index (κ3) is 3.91. The Labute approximate surface area is 162 Å². The van der Waals surface area contributed by atoms with Crippen molar-refractivity contribution in [3.8, 4) is 0 Å². The molecule has 28 heavy (non-hydrogen) atoms. The Morgan fingerprint density at radius 2 is 1.21 bits per heavy atom. The fourth-order valence-corrected chi connectivity index (χ4v) is 4.46. The molecular formula is C17H17N3O6S2. The van der Waals surface area contributed by atoms with E-state index in [0.29, 0.717) is 5.69 Å². The van der Waals surface area contributed by atoms with Crippen molar-refractivity contribution >= 4 is 43.2 Å². The topological polar surface area (TPSA) is 130 Å². The number of carbonyl (C=O) groups excluding carboxylic acids is 2. The minimum atomic E-state index is -3.94. The predicted octanol–water partition coefficient (Wildman–Crippen LogP) is 1.05. The van der Waals surface area contributed by atoms with Gasteiger partial charge in [-0.25, -0.2) is 21.6 Å². The van der Waals surface area contributed by atoms with E-state index in [1.165, 1.54) is 55.6 Å². The monoisotopic (exact) mass is 423 g/mol. The van der Waals surface area contributed by atoms with Gasteiger partial charge in [0.1, 0.15) is 0 Å². The number of nitrogens with zero attached hydrogens (tertiary/aromatic N) is 1. The van der Waals surface area contributed by atoms with Crippen LogP contribution >= 0.6 is 0 Å². The van der Waals surface area contributed by atoms with E-state index in [1.807, 2.05) is 0 Å². The molecule has 0 bridgehead atoms. The number of rotatable bonds is 6. The van der Waals surface area contributed by atoms with Crippen LogP contribution in [0.25, 0.3) is 0 Å². The number of hydrogen-bond donors (Lipinski definition) is 2. The minimum Gasteiger partial charge on any atom is -0.280 e. The highest BCUT2D eigenvalue weighted by molar-refractivity contribution is 7.92. The zero-order chi connectivity index (χ0) is 20.5. The summed E-state index contributed by atoms with van der Waals surface area (Å²) in [6.07, 6.45) is 0.277. The maximum atomic E-state index is 12.5. The van der Waals surface area contributed by atoms with Crippen molar-refractivity contribution in [1.29, 1.82) is 0 Å². The number of carbonyl (C=O) groups is 2. The summed E-state index contributed by atoms with van der Waals surface area (Å²) in [7, 11) is -6.28. The molecule has 9 nitrogen and oxygen atoms in total. The number of sulfonamides is 2. The van der Waals surface area contributed by atoms with Crippen molar-refractivity contribution in [3.05, 3.63) is 48.5 Å². The number of imide groups is 1. The van der Waals surface area contributed by atoms with Crippen LogP contribution in [-0.4, -0.2) is 35.7 Å². The first-order valence-corrected chi connectivity index (χ1v) is 11.1. The number of hydrogen-bond acceptors (Lipinski definition) is 6. The van der Waals surface area contributed by atoms with E-state index in [-0.39, 0.29) is 40.1 Å². The molecule has 2 aromatic rings. The normalized spacial score (nSPS) is 15.1. The van der Waals surface area contributed by atoms with Crippen molar-refractivity contribution in [2.24, 2.45) is 0 Å². The van der Waals surface area contributed by atoms with Gasteiger partial charge < -0.3 is 0 Å². The Morgan fingerprint density at radius 3 is 1.71 bits per heavy atom. The average Bonchev–Trinajstić information content (AvgIpc) is 3.00. The highest BCUT2D eigenvalue weighted by Crippen LogP contribution is 2.25. The van der Waals surface area contributed by atoms with Gasteiger partial charge in [-0.1, -0.05) is 0 Å². The summed E-state index contributed by atoms with van der Waals surface area (Å²) < 4.78 is 52.9. The van der Waals surface area contributed by atoms with Gasteiger partial charge in [-0.2, -0.15) is 0 Å². The second-order valence-corrected chi connectivity index (χ2v) is 9.52. The number of benzene rings is 2. The summed E-state index contributed by atoms with van der Waals surface area (Å²) in [4.78, 5) is 24.5. The summed E-state index contributed by atoms with van der Waals surface area (Å²) in [5.74, 6) is -0.648. The summed E-state index contributed by atoms with van der Waals surface area (Å²) >= 11 is 0. The maximum absolute atomic E-state index is 12.5. The smallest absolute Gasteiger partial charge is 0.261 e. The van der Waals surface area contributed by atoms with Gasteiger partial charge in [-0.3, -0.25) is 19.2 Å². The average molecular weight is 423 g/mol. The summed E-state index contributed by atoms with van der Waals surface area (Å²) in [5, 5.41) is 0. The lowest BCUT2D eigenvalue weighted by atomic mass is 10.3. The molecule has 0 aliphatic carbocycles. The zero-order valence-corrected chi connectivity index (χ0v) is 16.4. The molecule has 1 heterocycles. The molecule has 3 rings (SSSR count). The van der Waals surface area contributed by atoms with Crippen LogP contribution in [0.5, 0.6) is 0 Å². The Hall–Kier alpha value is -2.76. The van der Waals surface area contributed by atoms with E-state index in [4.69, 9.17) is 0 Å². The van der Waals surface area contributed by atoms with Gasteiger partial charge >= 0.3 is 0 Å². The minimum absolute atomic E-state index is 0.00208. The lowest BCUT2D eigenvalue weighted by Gasteiger charge is -2.14. The number of anilines is 2. The molecule has 0 atom stereocenters. The Bertz CT molecular complexity index is 1110. The predicted molar refractivity (Wildman–Crippen MR) is 102 cm³/mol. The van der Waals surface area contributed by atoms with Gasteiger partial charge in [0.2, 0.25) is 21.8 Å². The van der Waals surface area contributed by atoms with E-state index >= 15 is 0 Å². The van der Waals surface area contributed by atoms with E-state index in [0.717, 1.165) is 4.90 Å². The second-order valence-electron chi connectivity index (χ2n) is 5.95. The van der Waals surface area contributed by atoms with Crippen molar-refractivity contribution in [3.63, 3.8) is 0 Å². The quantitative estimate of drug-likeness (QED) is 0.668. The van der Waals surface area contributed by atoms with Crippen LogP contribution in [0.15, 0.2) is 58.3 Å². The molecule has 1 aliphatic rings. The molecule has 0 unspecified atom stereocenters. The van der Waals surface area contributed by atoms with Crippen molar-refractivity contribution in [2.75, 3.05) is 16.7 Å². The fraction of sp³-hybridized carbons (Fsp3) is 0.176. The summed E-state index contributed by atoms with van der Waals surface area (Å²) in [5.41, 5.74) is 0.497. The molecule has 0 spiro atoms. The SMILES string of the molecule is CNS(=O)(=O)c1ccc(NS(=O)(=O)c2ccc(N3C(=O)CCC3=O)cc2)cc1. The van der Waals surface area contributed by atoms with E-state index in [2.05, 4.69) is 9.44 Å². The third-order valence-electron chi connectivity index (χ3n) is 4.14. The third-order valence-corrected chi connectivity index (χ3v) is 6.97. The molecule has 1 saturated heterocycles. The van der Waals surface area contributed by atoms with Gasteiger partial charge in [0.15, 0.2) is 0 Å². The second kappa shape index (κ2) is 7.34. The number of nitrogens with one attached hydrogen (secondary N) is 2. The van der Waals surface area contributed by atoms with Crippen LogP contribution in [-0.2, 0) is 29.6 Å². The lowest BCUT2D eigenvalue weighted by Crippen LogP contribution is -2.28. The first kappa shape index (κ1) is 20.0. The fourth-order valence-electron chi connectivity index (χ4n) is 2.67. The molecule has 1 aliphatic heterocycles. The van der Waals surface area contributed by atoms with Crippen LogP contribution in [0.2, 0.25) is 0 Å². The van der Waals surface area contributed by atoms with Crippen LogP contribution in [0.4, 0.5) is 11.4 Å². The van der Waals surface area contributed by atoms with Crippen LogP contribution < -0.4 is 14.3 Å². The molecule has 148 valence electrons. The van der Waals surface area contributed by atoms with Crippen molar-refractivity contribution < 1.29 is 26.4 Å². The Morgan fingerprint density at radius 1 is 0.750 bits per heavy atom. The standard InChI is InChI=1S/C17H17N3O6S2/c1-18-27(23,24)14-6-2-12(3-7-14)19-28(25,26)15-8-4-13(5-9-15)20-16(21)10-11-17(20)22/h2-9,18-19H,10-11H2,1H3. The first-order valence-electron chi connectivity index (χ1n) is 8.16. The van der Waals surface area contributed by atoms with E-state index in [1.54, 1.807) is 0 Å². The van der Waals surface area contributed by atoms with Gasteiger partial charge in [-0.05, 0) is 55.6 Å². The summed E-state index contributed by atoms with van der Waals surface area (Å²) in [6.45, 7) is 0. The Balaban J connectivity index is 1.80. The molecule has 0 radical (unpaired) electrons. The van der Waals surface area contributed by atoms with Crippen LogP contribution in [0.1, 0.15) is 12.8 Å². The largest absolute Gasteiger partial charge is 0.280 e. The molecule has 0 saturated carbocycles. The zero-order valence-electron chi connectivity index (χ0n) is 14.7. The van der Waals surface area contributed by atoms with Crippen LogP contribution in [0, 0.1) is 0 Å². The number of amides is 2. The van der Waals surface area contributed by atoms with Gasteiger partial charge in [0.05, 0.1) is 15.5 Å². The molecule has 1 fully saturated rings. The van der Waals surface area contributed by atoms with Gasteiger partial charge in [0.25, 0.3) is 10.0 Å². The Kier molecular flexibility index (Phi) is 5.24. The highest BCUT2D eigenvalue weighted by Gasteiger charge is 2.30. The molecule has 11 heteroatoms. The molecular weight excluding hydrogens is 406 g/mol. The van der Waals surface area contributed by atoms with Gasteiger partial charge in [0, 0.05) is 18.5 Å². The van der Waals surface area contributed by atoms with Crippen LogP contribution in [0.3, 0.4) is 0 Å². The first-order chi connectivity index (χ1) is 13.1. The van der Waals surface area contributed by atoms with E-state index < -0.39 is 20.0 Å². The highest BCUT2D eigenvalue weighted by atomic mass is 32.2. The van der Waals surface area contributed by atoms with Gasteiger partial charge in [-0.15, -0.1) is 0 Å².